The number of hydrogen-bond acceptors (Lipinski definition) is 5. The highest BCUT2D eigenvalue weighted by Gasteiger charge is 2.14. The van der Waals surface area contributed by atoms with Crippen LogP contribution in [0.3, 0.4) is 0 Å². The van der Waals surface area contributed by atoms with Crippen LogP contribution < -0.4 is 10.2 Å². The molecule has 0 spiro atoms. The molecule has 3 aromatic carbocycles. The summed E-state index contributed by atoms with van der Waals surface area (Å²) < 4.78 is 0. The predicted octanol–water partition coefficient (Wildman–Crippen LogP) is 5.26. The SMILES string of the molecule is O=C(O)c1cccc(Nc2ccnc(N(Cc3ccccc3)c3ccccc3)n2)c1. The lowest BCUT2D eigenvalue weighted by Crippen LogP contribution is -2.19. The van der Waals surface area contributed by atoms with E-state index >= 15 is 0 Å². The first-order valence-electron chi connectivity index (χ1n) is 9.49. The molecule has 0 aliphatic rings. The fourth-order valence-corrected chi connectivity index (χ4v) is 3.08. The minimum Gasteiger partial charge on any atom is -0.478 e. The van der Waals surface area contributed by atoms with E-state index in [1.807, 2.05) is 53.4 Å². The molecule has 0 saturated heterocycles. The Bertz CT molecular complexity index is 1130. The summed E-state index contributed by atoms with van der Waals surface area (Å²) in [6.45, 7) is 0.614. The molecule has 0 aliphatic heterocycles. The van der Waals surface area contributed by atoms with E-state index < -0.39 is 5.97 Å². The maximum absolute atomic E-state index is 11.2. The summed E-state index contributed by atoms with van der Waals surface area (Å²) in [6, 6.07) is 28.5. The van der Waals surface area contributed by atoms with Crippen LogP contribution in [0.5, 0.6) is 0 Å². The van der Waals surface area contributed by atoms with Crippen LogP contribution in [0.1, 0.15) is 15.9 Å². The lowest BCUT2D eigenvalue weighted by molar-refractivity contribution is 0.0697. The van der Waals surface area contributed by atoms with E-state index in [4.69, 9.17) is 0 Å². The second-order valence-corrected chi connectivity index (χ2v) is 6.66. The monoisotopic (exact) mass is 396 g/mol. The highest BCUT2D eigenvalue weighted by Crippen LogP contribution is 2.26. The molecule has 0 radical (unpaired) electrons. The Morgan fingerprint density at radius 1 is 0.900 bits per heavy atom. The molecule has 4 aromatic rings. The molecule has 0 aliphatic carbocycles. The second kappa shape index (κ2) is 8.87. The average Bonchev–Trinajstić information content (AvgIpc) is 2.79. The number of aromatic carboxylic acids is 1. The van der Waals surface area contributed by atoms with Gasteiger partial charge in [0.2, 0.25) is 5.95 Å². The molecule has 2 N–H and O–H groups in total. The van der Waals surface area contributed by atoms with Crippen LogP contribution in [0.15, 0.2) is 97.2 Å². The summed E-state index contributed by atoms with van der Waals surface area (Å²) in [5.41, 5.74) is 2.97. The van der Waals surface area contributed by atoms with Crippen molar-refractivity contribution < 1.29 is 9.90 Å². The molecule has 0 amide bonds. The summed E-state index contributed by atoms with van der Waals surface area (Å²) in [4.78, 5) is 22.4. The second-order valence-electron chi connectivity index (χ2n) is 6.66. The highest BCUT2D eigenvalue weighted by molar-refractivity contribution is 5.89. The molecule has 0 saturated carbocycles. The van der Waals surface area contributed by atoms with Crippen molar-refractivity contribution in [3.63, 3.8) is 0 Å². The lowest BCUT2D eigenvalue weighted by Gasteiger charge is -2.23. The van der Waals surface area contributed by atoms with Gasteiger partial charge in [-0.05, 0) is 42.0 Å². The van der Waals surface area contributed by atoms with Crippen molar-refractivity contribution in [2.45, 2.75) is 6.54 Å². The minimum absolute atomic E-state index is 0.212. The zero-order chi connectivity index (χ0) is 20.8. The molecule has 0 atom stereocenters. The summed E-state index contributed by atoms with van der Waals surface area (Å²) in [7, 11) is 0. The number of nitrogens with zero attached hydrogens (tertiary/aromatic N) is 3. The zero-order valence-corrected chi connectivity index (χ0v) is 16.1. The Labute approximate surface area is 174 Å². The molecular formula is C24H20N4O2. The smallest absolute Gasteiger partial charge is 0.335 e. The molecule has 0 bridgehead atoms. The van der Waals surface area contributed by atoms with Crippen LogP contribution in [0.2, 0.25) is 0 Å². The number of carboxylic acids is 1. The van der Waals surface area contributed by atoms with E-state index in [2.05, 4.69) is 27.4 Å². The quantitative estimate of drug-likeness (QED) is 0.444. The van der Waals surface area contributed by atoms with Crippen molar-refractivity contribution in [1.82, 2.24) is 9.97 Å². The van der Waals surface area contributed by atoms with Crippen LogP contribution in [-0.4, -0.2) is 21.0 Å². The summed E-state index contributed by atoms with van der Waals surface area (Å²) in [5.74, 6) is 0.154. The first kappa shape index (κ1) is 19.1. The Morgan fingerprint density at radius 2 is 1.63 bits per heavy atom. The van der Waals surface area contributed by atoms with E-state index in [9.17, 15) is 9.90 Å². The Morgan fingerprint density at radius 3 is 2.37 bits per heavy atom. The normalized spacial score (nSPS) is 10.4. The van der Waals surface area contributed by atoms with Crippen LogP contribution in [0.25, 0.3) is 0 Å². The molecule has 1 heterocycles. The number of anilines is 4. The molecule has 148 valence electrons. The van der Waals surface area contributed by atoms with Crippen molar-refractivity contribution in [2.75, 3.05) is 10.2 Å². The molecule has 30 heavy (non-hydrogen) atoms. The van der Waals surface area contributed by atoms with Crippen LogP contribution in [0.4, 0.5) is 23.1 Å². The molecule has 1 aromatic heterocycles. The highest BCUT2D eigenvalue weighted by atomic mass is 16.4. The number of rotatable bonds is 7. The summed E-state index contributed by atoms with van der Waals surface area (Å²) >= 11 is 0. The van der Waals surface area contributed by atoms with Gasteiger partial charge in [0, 0.05) is 17.6 Å². The van der Waals surface area contributed by atoms with E-state index in [0.29, 0.717) is 24.0 Å². The van der Waals surface area contributed by atoms with Crippen LogP contribution in [0, 0.1) is 0 Å². The standard InChI is InChI=1S/C24H20N4O2/c29-23(30)19-10-7-11-20(16-19)26-22-14-15-25-24(27-22)28(21-12-5-2-6-13-21)17-18-8-3-1-4-9-18/h1-16H,17H2,(H,29,30)(H,25,26,27). The maximum Gasteiger partial charge on any atom is 0.335 e. The third-order valence-corrected chi connectivity index (χ3v) is 4.52. The fraction of sp³-hybridized carbons (Fsp3) is 0.0417. The van der Waals surface area contributed by atoms with Crippen molar-refractivity contribution in [3.8, 4) is 0 Å². The third-order valence-electron chi connectivity index (χ3n) is 4.52. The zero-order valence-electron chi connectivity index (χ0n) is 16.1. The minimum atomic E-state index is -0.972. The van der Waals surface area contributed by atoms with Gasteiger partial charge < -0.3 is 15.3 Å². The molecule has 6 heteroatoms. The van der Waals surface area contributed by atoms with Crippen LogP contribution >= 0.6 is 0 Å². The van der Waals surface area contributed by atoms with Gasteiger partial charge in [-0.15, -0.1) is 0 Å². The molecule has 4 rings (SSSR count). The third kappa shape index (κ3) is 4.62. The largest absolute Gasteiger partial charge is 0.478 e. The van der Waals surface area contributed by atoms with E-state index in [1.165, 1.54) is 0 Å². The molecule has 0 unspecified atom stereocenters. The van der Waals surface area contributed by atoms with Crippen molar-refractivity contribution >= 4 is 29.1 Å². The van der Waals surface area contributed by atoms with Gasteiger partial charge in [0.15, 0.2) is 0 Å². The van der Waals surface area contributed by atoms with Crippen LogP contribution in [-0.2, 0) is 6.54 Å². The number of carboxylic acid groups (broad SMARTS) is 1. The van der Waals surface area contributed by atoms with Gasteiger partial charge in [-0.1, -0.05) is 54.6 Å². The van der Waals surface area contributed by atoms with E-state index in [1.54, 1.807) is 36.5 Å². The van der Waals surface area contributed by atoms with Gasteiger partial charge in [0.05, 0.1) is 12.1 Å². The van der Waals surface area contributed by atoms with E-state index in [0.717, 1.165) is 11.3 Å². The average molecular weight is 396 g/mol. The van der Waals surface area contributed by atoms with Gasteiger partial charge in [0.1, 0.15) is 5.82 Å². The van der Waals surface area contributed by atoms with Crippen molar-refractivity contribution in [1.29, 1.82) is 0 Å². The van der Waals surface area contributed by atoms with E-state index in [-0.39, 0.29) is 5.56 Å². The van der Waals surface area contributed by atoms with Crippen molar-refractivity contribution in [2.24, 2.45) is 0 Å². The first-order valence-corrected chi connectivity index (χ1v) is 9.49. The number of hydrogen-bond donors (Lipinski definition) is 2. The number of aromatic nitrogens is 2. The first-order chi connectivity index (χ1) is 14.7. The number of benzene rings is 3. The van der Waals surface area contributed by atoms with Gasteiger partial charge in [0.25, 0.3) is 0 Å². The predicted molar refractivity (Wildman–Crippen MR) is 117 cm³/mol. The van der Waals surface area contributed by atoms with Gasteiger partial charge >= 0.3 is 5.97 Å². The fourth-order valence-electron chi connectivity index (χ4n) is 3.08. The maximum atomic E-state index is 11.2. The van der Waals surface area contributed by atoms with Gasteiger partial charge in [-0.25, -0.2) is 9.78 Å². The number of carbonyl (C=O) groups is 1. The van der Waals surface area contributed by atoms with Gasteiger partial charge in [-0.2, -0.15) is 4.98 Å². The Balaban J connectivity index is 1.65. The Kier molecular flexibility index (Phi) is 5.66. The number of nitrogens with one attached hydrogen (secondary N) is 1. The summed E-state index contributed by atoms with van der Waals surface area (Å²) in [6.07, 6.45) is 1.69. The topological polar surface area (TPSA) is 78.3 Å². The van der Waals surface area contributed by atoms with Gasteiger partial charge in [-0.3, -0.25) is 0 Å². The molecule has 6 nitrogen and oxygen atoms in total. The number of para-hydroxylation sites is 1. The lowest BCUT2D eigenvalue weighted by atomic mass is 10.2. The Hall–Kier alpha value is -4.19. The summed E-state index contributed by atoms with van der Waals surface area (Å²) in [5, 5.41) is 12.4. The molecule has 0 fully saturated rings. The molecular weight excluding hydrogens is 376 g/mol. The van der Waals surface area contributed by atoms with Crippen molar-refractivity contribution in [3.05, 3.63) is 108 Å².